The Morgan fingerprint density at radius 2 is 2.03 bits per heavy atom. The topological polar surface area (TPSA) is 114 Å². The van der Waals surface area contributed by atoms with Gasteiger partial charge in [-0.1, -0.05) is 11.6 Å². The summed E-state index contributed by atoms with van der Waals surface area (Å²) >= 11 is 7.30. The summed E-state index contributed by atoms with van der Waals surface area (Å²) in [6, 6.07) is 4.59. The minimum atomic E-state index is -3.79. The zero-order chi connectivity index (χ0) is 21.5. The molecule has 9 nitrogen and oxygen atoms in total. The van der Waals surface area contributed by atoms with Crippen LogP contribution in [-0.2, 0) is 14.8 Å². The van der Waals surface area contributed by atoms with E-state index < -0.39 is 15.9 Å². The first-order valence-corrected chi connectivity index (χ1v) is 11.9. The quantitative estimate of drug-likeness (QED) is 0.587. The number of aryl methyl sites for hydroxylation is 1. The number of carbonyl (C=O) groups excluding carboxylic acids is 1. The van der Waals surface area contributed by atoms with E-state index in [0.717, 1.165) is 4.68 Å². The van der Waals surface area contributed by atoms with Gasteiger partial charge < -0.3 is 0 Å². The predicted molar refractivity (Wildman–Crippen MR) is 114 cm³/mol. The molecule has 0 aromatic carbocycles. The third-order valence-corrected chi connectivity index (χ3v) is 8.20. The molecule has 0 spiro atoms. The fourth-order valence-electron chi connectivity index (χ4n) is 3.41. The molecular weight excluding hydrogens is 450 g/mol. The maximum atomic E-state index is 12.8. The highest BCUT2D eigenvalue weighted by Crippen LogP contribution is 2.27. The number of aromatic nitrogens is 3. The molecule has 4 rings (SSSR count). The smallest absolute Gasteiger partial charge is 0.273 e. The normalized spacial score (nSPS) is 16.1. The molecule has 0 atom stereocenters. The van der Waals surface area contributed by atoms with E-state index in [-0.39, 0.29) is 34.6 Å². The monoisotopic (exact) mass is 467 g/mol. The fourth-order valence-corrected chi connectivity index (χ4v) is 6.11. The number of amides is 1. The van der Waals surface area contributed by atoms with Gasteiger partial charge in [0.25, 0.3) is 5.56 Å². The van der Waals surface area contributed by atoms with Crippen LogP contribution in [0.5, 0.6) is 0 Å². The summed E-state index contributed by atoms with van der Waals surface area (Å²) in [5.74, 6) is -0.382. The van der Waals surface area contributed by atoms with Gasteiger partial charge in [-0.15, -0.1) is 11.3 Å². The van der Waals surface area contributed by atoms with E-state index in [1.54, 1.807) is 18.4 Å². The Morgan fingerprint density at radius 1 is 1.30 bits per heavy atom. The predicted octanol–water partition coefficient (Wildman–Crippen LogP) is 1.99. The molecule has 3 aromatic rings. The Labute approximate surface area is 181 Å². The number of fused-ring (bicyclic) bond motifs is 1. The Balaban J connectivity index is 1.47. The van der Waals surface area contributed by atoms with Crippen LogP contribution in [0.2, 0.25) is 5.15 Å². The largest absolute Gasteiger partial charge is 0.281 e. The van der Waals surface area contributed by atoms with Crippen LogP contribution in [0.3, 0.4) is 0 Å². The number of pyridine rings is 1. The first-order valence-electron chi connectivity index (χ1n) is 9.17. The second-order valence-electron chi connectivity index (χ2n) is 6.89. The third-order valence-electron chi connectivity index (χ3n) is 5.05. The van der Waals surface area contributed by atoms with Crippen molar-refractivity contribution in [3.63, 3.8) is 0 Å². The first kappa shape index (κ1) is 20.9. The van der Waals surface area contributed by atoms with E-state index >= 15 is 0 Å². The van der Waals surface area contributed by atoms with E-state index in [4.69, 9.17) is 11.6 Å². The molecule has 30 heavy (non-hydrogen) atoms. The number of halogens is 1. The van der Waals surface area contributed by atoms with Gasteiger partial charge in [0.15, 0.2) is 0 Å². The van der Waals surface area contributed by atoms with Gasteiger partial charge in [0.1, 0.15) is 20.7 Å². The zero-order valence-electron chi connectivity index (χ0n) is 15.9. The van der Waals surface area contributed by atoms with E-state index in [9.17, 15) is 18.0 Å². The van der Waals surface area contributed by atoms with Gasteiger partial charge in [-0.2, -0.15) is 4.31 Å². The summed E-state index contributed by atoms with van der Waals surface area (Å²) in [7, 11) is -3.79. The zero-order valence-corrected chi connectivity index (χ0v) is 18.3. The molecule has 1 amide bonds. The van der Waals surface area contributed by atoms with Crippen LogP contribution in [0, 0.1) is 12.8 Å². The lowest BCUT2D eigenvalue weighted by Gasteiger charge is -2.30. The summed E-state index contributed by atoms with van der Waals surface area (Å²) in [5.41, 5.74) is 2.30. The minimum Gasteiger partial charge on any atom is -0.273 e. The average molecular weight is 468 g/mol. The van der Waals surface area contributed by atoms with Gasteiger partial charge in [0, 0.05) is 25.2 Å². The fraction of sp³-hybridized carbons (Fsp3) is 0.333. The number of hydrogen-bond acceptors (Lipinski definition) is 7. The number of hydrogen-bond donors (Lipinski definition) is 1. The lowest BCUT2D eigenvalue weighted by atomic mass is 9.98. The molecular formula is C18H18ClN5O4S2. The molecule has 1 aliphatic rings. The summed E-state index contributed by atoms with van der Waals surface area (Å²) in [4.78, 5) is 34.1. The van der Waals surface area contributed by atoms with Crippen molar-refractivity contribution in [1.29, 1.82) is 0 Å². The highest BCUT2D eigenvalue weighted by Gasteiger charge is 2.33. The molecule has 1 aliphatic heterocycles. The lowest BCUT2D eigenvalue weighted by molar-refractivity contribution is -0.121. The minimum absolute atomic E-state index is 0.0492. The van der Waals surface area contributed by atoms with Crippen molar-refractivity contribution in [2.75, 3.05) is 18.5 Å². The summed E-state index contributed by atoms with van der Waals surface area (Å²) in [6.45, 7) is 1.98. The highest BCUT2D eigenvalue weighted by molar-refractivity contribution is 7.89. The Kier molecular flexibility index (Phi) is 5.62. The number of carbonyl (C=O) groups is 1. The number of nitrogens with zero attached hydrogens (tertiary/aromatic N) is 4. The van der Waals surface area contributed by atoms with Crippen LogP contribution < -0.4 is 11.0 Å². The average Bonchev–Trinajstić information content (AvgIpc) is 3.20. The molecule has 1 fully saturated rings. The molecule has 3 aromatic heterocycles. The van der Waals surface area contributed by atoms with Gasteiger partial charge in [0.2, 0.25) is 15.9 Å². The van der Waals surface area contributed by atoms with E-state index in [2.05, 4.69) is 15.4 Å². The number of sulfonamides is 1. The van der Waals surface area contributed by atoms with Gasteiger partial charge in [-0.25, -0.2) is 23.1 Å². The van der Waals surface area contributed by atoms with Crippen molar-refractivity contribution < 1.29 is 13.2 Å². The van der Waals surface area contributed by atoms with E-state index in [1.165, 1.54) is 34.0 Å². The summed E-state index contributed by atoms with van der Waals surface area (Å²) in [5, 5.41) is 2.14. The number of rotatable bonds is 4. The Morgan fingerprint density at radius 3 is 2.73 bits per heavy atom. The van der Waals surface area contributed by atoms with Gasteiger partial charge >= 0.3 is 0 Å². The molecule has 0 aliphatic carbocycles. The van der Waals surface area contributed by atoms with E-state index in [1.807, 2.05) is 0 Å². The molecule has 12 heteroatoms. The molecule has 158 valence electrons. The second-order valence-corrected chi connectivity index (χ2v) is 10.0. The molecule has 4 heterocycles. The van der Waals surface area contributed by atoms with Crippen molar-refractivity contribution in [3.05, 3.63) is 51.1 Å². The van der Waals surface area contributed by atoms with Crippen LogP contribution in [0.1, 0.15) is 18.7 Å². The molecule has 0 bridgehead atoms. The van der Waals surface area contributed by atoms with Crippen molar-refractivity contribution in [3.8, 4) is 0 Å². The third kappa shape index (κ3) is 3.73. The Bertz CT molecular complexity index is 1280. The van der Waals surface area contributed by atoms with Crippen molar-refractivity contribution >= 4 is 49.1 Å². The van der Waals surface area contributed by atoms with Crippen LogP contribution >= 0.6 is 22.9 Å². The van der Waals surface area contributed by atoms with E-state index in [0.29, 0.717) is 28.9 Å². The number of thiophene rings is 1. The summed E-state index contributed by atoms with van der Waals surface area (Å²) < 4.78 is 28.1. The Hall–Kier alpha value is -2.34. The lowest BCUT2D eigenvalue weighted by Crippen LogP contribution is -2.44. The molecule has 0 radical (unpaired) electrons. The second kappa shape index (κ2) is 8.06. The van der Waals surface area contributed by atoms with Crippen molar-refractivity contribution in [2.24, 2.45) is 5.92 Å². The molecule has 1 saturated heterocycles. The van der Waals surface area contributed by atoms with Crippen LogP contribution in [0.25, 0.3) is 10.2 Å². The number of nitrogens with one attached hydrogen (secondary N) is 1. The molecule has 0 saturated carbocycles. The molecule has 0 unspecified atom stereocenters. The maximum absolute atomic E-state index is 12.8. The standard InChI is InChI=1S/C18H18ClN5O4S2/c1-11-21-17-13(6-10-29-17)18(26)24(11)22-16(25)12-4-8-23(9-5-12)30(27,28)14-3-2-7-20-15(14)19/h2-3,6-7,10,12H,4-5,8-9H2,1H3,(H,22,25). The number of piperidine rings is 1. The van der Waals surface area contributed by atoms with Gasteiger partial charge in [-0.05, 0) is 43.3 Å². The van der Waals surface area contributed by atoms with Gasteiger partial charge in [0.05, 0.1) is 5.39 Å². The highest BCUT2D eigenvalue weighted by atomic mass is 35.5. The molecule has 1 N–H and O–H groups in total. The van der Waals surface area contributed by atoms with Crippen LogP contribution in [-0.4, -0.2) is 46.4 Å². The van der Waals surface area contributed by atoms with Crippen molar-refractivity contribution in [1.82, 2.24) is 18.9 Å². The van der Waals surface area contributed by atoms with Crippen LogP contribution in [0.15, 0.2) is 39.5 Å². The summed E-state index contributed by atoms with van der Waals surface area (Å²) in [6.07, 6.45) is 2.07. The maximum Gasteiger partial charge on any atom is 0.281 e. The van der Waals surface area contributed by atoms with Crippen LogP contribution in [0.4, 0.5) is 0 Å². The first-order chi connectivity index (χ1) is 14.3. The van der Waals surface area contributed by atoms with Gasteiger partial charge in [-0.3, -0.25) is 15.0 Å². The SMILES string of the molecule is Cc1nc2sccc2c(=O)n1NC(=O)C1CCN(S(=O)(=O)c2cccnc2Cl)CC1. The van der Waals surface area contributed by atoms with Crippen molar-refractivity contribution in [2.45, 2.75) is 24.7 Å².